The van der Waals surface area contributed by atoms with Crippen LogP contribution in [0.25, 0.3) is 0 Å². The van der Waals surface area contributed by atoms with Crippen molar-refractivity contribution in [3.63, 3.8) is 0 Å². The smallest absolute Gasteiger partial charge is 0.182 e. The summed E-state index contributed by atoms with van der Waals surface area (Å²) in [7, 11) is 0. The molecule has 0 bridgehead atoms. The highest BCUT2D eigenvalue weighted by Gasteiger charge is 2.21. The second-order valence-corrected chi connectivity index (χ2v) is 4.79. The molecule has 4 heteroatoms. The Morgan fingerprint density at radius 2 is 2.00 bits per heavy atom. The van der Waals surface area contributed by atoms with Gasteiger partial charge < -0.3 is 10.2 Å². The molecule has 100 valence electrons. The number of benzene rings is 1. The van der Waals surface area contributed by atoms with Crippen LogP contribution < -0.4 is 10.2 Å². The number of hydrogen-bond acceptors (Lipinski definition) is 2. The van der Waals surface area contributed by atoms with Crippen molar-refractivity contribution in [2.75, 3.05) is 24.5 Å². The summed E-state index contributed by atoms with van der Waals surface area (Å²) in [6.45, 7) is 4.73. The molecule has 1 fully saturated rings. The number of halogens is 2. The summed E-state index contributed by atoms with van der Waals surface area (Å²) in [5.41, 5.74) is 0.393. The molecule has 18 heavy (non-hydrogen) atoms. The van der Waals surface area contributed by atoms with Gasteiger partial charge in [0.15, 0.2) is 11.6 Å². The summed E-state index contributed by atoms with van der Waals surface area (Å²) in [5.74, 6) is -1.49. The summed E-state index contributed by atoms with van der Waals surface area (Å²) in [5, 5.41) is 3.47. The molecule has 0 atom stereocenters. The van der Waals surface area contributed by atoms with Gasteiger partial charge in [0.25, 0.3) is 0 Å². The predicted molar refractivity (Wildman–Crippen MR) is 69.9 cm³/mol. The molecule has 0 spiro atoms. The Kier molecular flexibility index (Phi) is 4.53. The third-order valence-corrected chi connectivity index (χ3v) is 3.45. The van der Waals surface area contributed by atoms with Crippen molar-refractivity contribution in [2.45, 2.75) is 32.2 Å². The molecule has 0 unspecified atom stereocenters. The molecule has 1 aromatic rings. The van der Waals surface area contributed by atoms with Crippen molar-refractivity contribution in [3.8, 4) is 0 Å². The van der Waals surface area contributed by atoms with Gasteiger partial charge in [-0.15, -0.1) is 0 Å². The van der Waals surface area contributed by atoms with Gasteiger partial charge >= 0.3 is 0 Å². The van der Waals surface area contributed by atoms with Crippen LogP contribution in [-0.4, -0.2) is 25.7 Å². The van der Waals surface area contributed by atoms with E-state index in [0.717, 1.165) is 45.0 Å². The minimum absolute atomic E-state index is 0.393. The van der Waals surface area contributed by atoms with Crippen LogP contribution >= 0.6 is 0 Å². The SMILES string of the molecule is CCCNC1CCN(c2cccc(F)c2F)CC1. The van der Waals surface area contributed by atoms with Gasteiger partial charge in [0, 0.05) is 19.1 Å². The lowest BCUT2D eigenvalue weighted by atomic mass is 10.0. The normalized spacial score (nSPS) is 17.2. The van der Waals surface area contributed by atoms with Crippen molar-refractivity contribution in [1.29, 1.82) is 0 Å². The van der Waals surface area contributed by atoms with E-state index in [4.69, 9.17) is 0 Å². The zero-order valence-electron chi connectivity index (χ0n) is 10.8. The minimum atomic E-state index is -0.765. The second kappa shape index (κ2) is 6.14. The number of nitrogens with one attached hydrogen (secondary N) is 1. The van der Waals surface area contributed by atoms with Crippen molar-refractivity contribution in [2.24, 2.45) is 0 Å². The molecule has 1 saturated heterocycles. The van der Waals surface area contributed by atoms with Crippen LogP contribution in [0.4, 0.5) is 14.5 Å². The van der Waals surface area contributed by atoms with Gasteiger partial charge in [-0.1, -0.05) is 13.0 Å². The first-order valence-electron chi connectivity index (χ1n) is 6.64. The maximum Gasteiger partial charge on any atom is 0.182 e. The Morgan fingerprint density at radius 1 is 1.28 bits per heavy atom. The third-order valence-electron chi connectivity index (χ3n) is 3.45. The van der Waals surface area contributed by atoms with Gasteiger partial charge in [-0.2, -0.15) is 0 Å². The van der Waals surface area contributed by atoms with Gasteiger partial charge in [-0.3, -0.25) is 0 Å². The van der Waals surface area contributed by atoms with Crippen LogP contribution in [-0.2, 0) is 0 Å². The lowest BCUT2D eigenvalue weighted by Crippen LogP contribution is -2.43. The molecule has 0 amide bonds. The van der Waals surface area contributed by atoms with Crippen molar-refractivity contribution in [1.82, 2.24) is 5.32 Å². The molecule has 0 aromatic heterocycles. The van der Waals surface area contributed by atoms with Crippen LogP contribution in [0.2, 0.25) is 0 Å². The lowest BCUT2D eigenvalue weighted by molar-refractivity contribution is 0.411. The first-order valence-corrected chi connectivity index (χ1v) is 6.64. The molecule has 1 N–H and O–H groups in total. The Bertz CT molecular complexity index is 387. The zero-order chi connectivity index (χ0) is 13.0. The van der Waals surface area contributed by atoms with E-state index in [1.165, 1.54) is 0 Å². The maximum absolute atomic E-state index is 13.7. The summed E-state index contributed by atoms with van der Waals surface area (Å²) in [6.07, 6.45) is 3.09. The van der Waals surface area contributed by atoms with Crippen molar-refractivity contribution < 1.29 is 8.78 Å². The van der Waals surface area contributed by atoms with Crippen LogP contribution in [0.3, 0.4) is 0 Å². The predicted octanol–water partition coefficient (Wildman–Crippen LogP) is 2.93. The van der Waals surface area contributed by atoms with E-state index >= 15 is 0 Å². The van der Waals surface area contributed by atoms with Gasteiger partial charge in [-0.05, 0) is 37.9 Å². The van der Waals surface area contributed by atoms with Crippen LogP contribution in [0.1, 0.15) is 26.2 Å². The Hall–Kier alpha value is -1.16. The molecule has 1 aliphatic heterocycles. The Morgan fingerprint density at radius 3 is 2.67 bits per heavy atom. The summed E-state index contributed by atoms with van der Waals surface area (Å²) in [6, 6.07) is 4.89. The first kappa shape index (κ1) is 13.3. The number of piperidine rings is 1. The van der Waals surface area contributed by atoms with E-state index in [9.17, 15) is 8.78 Å². The van der Waals surface area contributed by atoms with Crippen LogP contribution in [0, 0.1) is 11.6 Å². The largest absolute Gasteiger partial charge is 0.369 e. The fourth-order valence-corrected chi connectivity index (χ4v) is 2.41. The molecule has 1 aliphatic rings. The van der Waals surface area contributed by atoms with Gasteiger partial charge in [0.1, 0.15) is 0 Å². The van der Waals surface area contributed by atoms with E-state index in [2.05, 4.69) is 12.2 Å². The quantitative estimate of drug-likeness (QED) is 0.888. The number of hydrogen-bond donors (Lipinski definition) is 1. The molecule has 0 aliphatic carbocycles. The van der Waals surface area contributed by atoms with E-state index in [1.807, 2.05) is 4.90 Å². The van der Waals surface area contributed by atoms with E-state index < -0.39 is 11.6 Å². The molecular formula is C14H20F2N2. The molecular weight excluding hydrogens is 234 g/mol. The van der Waals surface area contributed by atoms with Crippen LogP contribution in [0.5, 0.6) is 0 Å². The number of nitrogens with zero attached hydrogens (tertiary/aromatic N) is 1. The summed E-state index contributed by atoms with van der Waals surface area (Å²) >= 11 is 0. The monoisotopic (exact) mass is 254 g/mol. The van der Waals surface area contributed by atoms with Gasteiger partial charge in [0.2, 0.25) is 0 Å². The van der Waals surface area contributed by atoms with Gasteiger partial charge in [0.05, 0.1) is 5.69 Å². The third kappa shape index (κ3) is 2.99. The molecule has 1 heterocycles. The number of anilines is 1. The maximum atomic E-state index is 13.7. The van der Waals surface area contributed by atoms with Crippen molar-refractivity contribution >= 4 is 5.69 Å². The average Bonchev–Trinajstić information content (AvgIpc) is 2.40. The highest BCUT2D eigenvalue weighted by molar-refractivity contribution is 5.48. The van der Waals surface area contributed by atoms with E-state index in [1.54, 1.807) is 12.1 Å². The topological polar surface area (TPSA) is 15.3 Å². The zero-order valence-corrected chi connectivity index (χ0v) is 10.8. The average molecular weight is 254 g/mol. The Labute approximate surface area is 107 Å². The second-order valence-electron chi connectivity index (χ2n) is 4.79. The van der Waals surface area contributed by atoms with E-state index in [-0.39, 0.29) is 0 Å². The fraction of sp³-hybridized carbons (Fsp3) is 0.571. The van der Waals surface area contributed by atoms with Gasteiger partial charge in [-0.25, -0.2) is 8.78 Å². The minimum Gasteiger partial charge on any atom is -0.369 e. The molecule has 0 saturated carbocycles. The first-order chi connectivity index (χ1) is 8.72. The lowest BCUT2D eigenvalue weighted by Gasteiger charge is -2.34. The fourth-order valence-electron chi connectivity index (χ4n) is 2.41. The number of rotatable bonds is 4. The molecule has 1 aromatic carbocycles. The highest BCUT2D eigenvalue weighted by atomic mass is 19.2. The molecule has 2 nitrogen and oxygen atoms in total. The van der Waals surface area contributed by atoms with Crippen molar-refractivity contribution in [3.05, 3.63) is 29.8 Å². The Balaban J connectivity index is 1.95. The molecule has 2 rings (SSSR count). The molecule has 0 radical (unpaired) electrons. The van der Waals surface area contributed by atoms with Crippen LogP contribution in [0.15, 0.2) is 18.2 Å². The standard InChI is InChI=1S/C14H20F2N2/c1-2-8-17-11-6-9-18(10-7-11)13-5-3-4-12(15)14(13)16/h3-5,11,17H,2,6-10H2,1H3. The summed E-state index contributed by atoms with van der Waals surface area (Å²) < 4.78 is 26.8. The highest BCUT2D eigenvalue weighted by Crippen LogP contribution is 2.24. The summed E-state index contributed by atoms with van der Waals surface area (Å²) in [4.78, 5) is 1.93. The van der Waals surface area contributed by atoms with E-state index in [0.29, 0.717) is 11.7 Å².